The molecule has 1 aliphatic heterocycles. The molecule has 0 aliphatic carbocycles. The predicted octanol–water partition coefficient (Wildman–Crippen LogP) is 2.54. The molecule has 0 radical (unpaired) electrons. The molecule has 3 heterocycles. The first-order valence-corrected chi connectivity index (χ1v) is 11.1. The molecule has 4 rings (SSSR count). The number of hydrogen-bond donors (Lipinski definition) is 4. The Bertz CT molecular complexity index is 1160. The van der Waals surface area contributed by atoms with Crippen LogP contribution in [0, 0.1) is 11.2 Å². The van der Waals surface area contributed by atoms with E-state index in [9.17, 15) is 9.18 Å². The van der Waals surface area contributed by atoms with Gasteiger partial charge in [0.15, 0.2) is 0 Å². The number of halogens is 1. The van der Waals surface area contributed by atoms with Gasteiger partial charge in [0, 0.05) is 42.2 Å². The van der Waals surface area contributed by atoms with Crippen molar-refractivity contribution in [1.29, 1.82) is 5.41 Å². The molecule has 0 spiro atoms. The van der Waals surface area contributed by atoms with Crippen molar-refractivity contribution >= 4 is 40.1 Å². The van der Waals surface area contributed by atoms with Crippen LogP contribution in [0.5, 0.6) is 0 Å². The number of aromatic nitrogens is 3. The summed E-state index contributed by atoms with van der Waals surface area (Å²) < 4.78 is 20.4. The third-order valence-corrected chi connectivity index (χ3v) is 6.34. The Morgan fingerprint density at radius 3 is 3.09 bits per heavy atom. The molecule has 1 aromatic carbocycles. The maximum Gasteiger partial charge on any atom is 0.271 e. The molecular formula is C21H24FN7O2S. The lowest BCUT2D eigenvalue weighted by Gasteiger charge is -2.23. The van der Waals surface area contributed by atoms with Gasteiger partial charge in [0.05, 0.1) is 23.5 Å². The number of rotatable bonds is 6. The zero-order valence-corrected chi connectivity index (χ0v) is 18.3. The topological polar surface area (TPSA) is 142 Å². The van der Waals surface area contributed by atoms with Crippen LogP contribution in [-0.2, 0) is 4.74 Å². The van der Waals surface area contributed by atoms with E-state index in [2.05, 4.69) is 25.5 Å². The highest BCUT2D eigenvalue weighted by Crippen LogP contribution is 2.29. The van der Waals surface area contributed by atoms with Gasteiger partial charge in [-0.25, -0.2) is 9.37 Å². The second-order valence-corrected chi connectivity index (χ2v) is 8.44. The molecule has 5 N–H and O–H groups in total. The molecule has 0 saturated carbocycles. The fraction of sp³-hybridized carbons (Fsp3) is 0.381. The molecule has 3 atom stereocenters. The van der Waals surface area contributed by atoms with Crippen LogP contribution in [0.4, 0.5) is 4.39 Å². The van der Waals surface area contributed by atoms with Crippen LogP contribution >= 0.6 is 11.3 Å². The van der Waals surface area contributed by atoms with Gasteiger partial charge in [0.2, 0.25) is 0 Å². The summed E-state index contributed by atoms with van der Waals surface area (Å²) in [4.78, 5) is 21.4. The highest BCUT2D eigenvalue weighted by molar-refractivity contribution is 7.13. The lowest BCUT2D eigenvalue weighted by Crippen LogP contribution is -2.47. The first kappa shape index (κ1) is 22.2. The molecule has 1 amide bonds. The van der Waals surface area contributed by atoms with Crippen molar-refractivity contribution in [2.45, 2.75) is 37.5 Å². The van der Waals surface area contributed by atoms with Gasteiger partial charge in [-0.1, -0.05) is 0 Å². The molecule has 1 aliphatic rings. The van der Waals surface area contributed by atoms with E-state index in [4.69, 9.17) is 15.9 Å². The molecule has 1 saturated heterocycles. The molecule has 0 bridgehead atoms. The van der Waals surface area contributed by atoms with Gasteiger partial charge >= 0.3 is 0 Å². The Morgan fingerprint density at radius 1 is 1.47 bits per heavy atom. The number of hydrogen-bond acceptors (Lipinski definition) is 8. The summed E-state index contributed by atoms with van der Waals surface area (Å²) >= 11 is 1.16. The number of nitrogens with two attached hydrogens (primary N) is 1. The van der Waals surface area contributed by atoms with Crippen LogP contribution in [-0.4, -0.2) is 64.9 Å². The highest BCUT2D eigenvalue weighted by atomic mass is 32.1. The average Bonchev–Trinajstić information content (AvgIpc) is 3.40. The van der Waals surface area contributed by atoms with Crippen molar-refractivity contribution in [2.24, 2.45) is 10.7 Å². The van der Waals surface area contributed by atoms with E-state index in [1.54, 1.807) is 24.7 Å². The van der Waals surface area contributed by atoms with E-state index >= 15 is 0 Å². The first-order chi connectivity index (χ1) is 15.5. The molecular weight excluding hydrogens is 433 g/mol. The Balaban J connectivity index is 1.50. The van der Waals surface area contributed by atoms with Crippen molar-refractivity contribution in [3.05, 3.63) is 35.2 Å². The summed E-state index contributed by atoms with van der Waals surface area (Å²) in [5, 5.41) is 19.9. The SMILES string of the molecule is CN=C(C(C=N)NC(=O)c1csc(-c2cc3[nH]ncc3cc2F)n1)C1CCC(N)CCO1. The lowest BCUT2D eigenvalue weighted by molar-refractivity contribution is 0.0933. The maximum atomic E-state index is 14.5. The summed E-state index contributed by atoms with van der Waals surface area (Å²) in [5.41, 5.74) is 7.68. The monoisotopic (exact) mass is 457 g/mol. The van der Waals surface area contributed by atoms with Crippen LogP contribution in [0.15, 0.2) is 28.7 Å². The number of carbonyl (C=O) groups is 1. The van der Waals surface area contributed by atoms with Crippen LogP contribution in [0.1, 0.15) is 29.8 Å². The summed E-state index contributed by atoms with van der Waals surface area (Å²) in [7, 11) is 1.61. The number of aliphatic imine (C=N–C) groups is 1. The van der Waals surface area contributed by atoms with E-state index in [1.165, 1.54) is 6.07 Å². The quantitative estimate of drug-likeness (QED) is 0.421. The average molecular weight is 458 g/mol. The summed E-state index contributed by atoms with van der Waals surface area (Å²) in [6, 6.07) is 2.33. The summed E-state index contributed by atoms with van der Waals surface area (Å²) in [6.45, 7) is 0.505. The Morgan fingerprint density at radius 2 is 2.31 bits per heavy atom. The molecule has 2 aromatic heterocycles. The van der Waals surface area contributed by atoms with Gasteiger partial charge in [-0.05, 0) is 31.4 Å². The van der Waals surface area contributed by atoms with Crippen molar-refractivity contribution < 1.29 is 13.9 Å². The summed E-state index contributed by atoms with van der Waals surface area (Å²) in [6.07, 6.45) is 4.56. The van der Waals surface area contributed by atoms with Crippen molar-refractivity contribution in [3.8, 4) is 10.6 Å². The third kappa shape index (κ3) is 4.59. The van der Waals surface area contributed by atoms with Crippen molar-refractivity contribution in [3.63, 3.8) is 0 Å². The van der Waals surface area contributed by atoms with Gasteiger partial charge in [-0.3, -0.25) is 14.9 Å². The predicted molar refractivity (Wildman–Crippen MR) is 122 cm³/mol. The molecule has 168 valence electrons. The second-order valence-electron chi connectivity index (χ2n) is 7.58. The number of carbonyl (C=O) groups excluding carboxylic acids is 1. The van der Waals surface area contributed by atoms with Crippen LogP contribution in [0.25, 0.3) is 21.5 Å². The molecule has 11 heteroatoms. The fourth-order valence-electron chi connectivity index (χ4n) is 3.72. The van der Waals surface area contributed by atoms with Gasteiger partial charge in [-0.15, -0.1) is 11.3 Å². The van der Waals surface area contributed by atoms with Crippen LogP contribution in [0.3, 0.4) is 0 Å². The first-order valence-electron chi connectivity index (χ1n) is 10.2. The number of benzene rings is 1. The van der Waals surface area contributed by atoms with Gasteiger partial charge in [0.1, 0.15) is 22.6 Å². The Hall–Kier alpha value is -3.02. The largest absolute Gasteiger partial charge is 0.372 e. The number of amides is 1. The standard InChI is InChI=1S/C21H24FN7O2S/c1-25-19(18-3-2-12(24)4-5-31-18)16(8-23)27-20(30)17-10-32-21(28-17)13-7-15-11(6-14(13)22)9-26-29-15/h6-10,12,16,18,23H,2-5,24H2,1H3,(H,26,29)(H,27,30). The highest BCUT2D eigenvalue weighted by Gasteiger charge is 2.28. The van der Waals surface area contributed by atoms with Gasteiger partial charge in [0.25, 0.3) is 5.91 Å². The number of thiazole rings is 1. The van der Waals surface area contributed by atoms with Crippen LogP contribution < -0.4 is 11.1 Å². The summed E-state index contributed by atoms with van der Waals surface area (Å²) in [5.74, 6) is -0.919. The minimum absolute atomic E-state index is 0.0703. The second kappa shape index (κ2) is 9.63. The van der Waals surface area contributed by atoms with Crippen LogP contribution in [0.2, 0.25) is 0 Å². The van der Waals surface area contributed by atoms with E-state index in [1.807, 2.05) is 0 Å². The number of nitrogens with one attached hydrogen (secondary N) is 3. The molecule has 3 aromatic rings. The number of ether oxygens (including phenoxy) is 1. The molecule has 3 unspecified atom stereocenters. The zero-order chi connectivity index (χ0) is 22.7. The van der Waals surface area contributed by atoms with Crippen molar-refractivity contribution in [2.75, 3.05) is 13.7 Å². The maximum absolute atomic E-state index is 14.5. The van der Waals surface area contributed by atoms with Gasteiger partial charge in [-0.2, -0.15) is 5.10 Å². The number of aromatic amines is 1. The Kier molecular flexibility index (Phi) is 6.68. The Labute approximate surface area is 187 Å². The minimum atomic E-state index is -0.741. The number of nitrogens with zero attached hydrogens (tertiary/aromatic N) is 3. The van der Waals surface area contributed by atoms with Crippen molar-refractivity contribution in [1.82, 2.24) is 20.5 Å². The van der Waals surface area contributed by atoms with Gasteiger partial charge < -0.3 is 21.2 Å². The van der Waals surface area contributed by atoms with E-state index < -0.39 is 17.8 Å². The van der Waals surface area contributed by atoms with E-state index in [0.29, 0.717) is 34.6 Å². The molecule has 1 fully saturated rings. The zero-order valence-electron chi connectivity index (χ0n) is 17.5. The number of fused-ring (bicyclic) bond motifs is 1. The molecule has 9 nitrogen and oxygen atoms in total. The fourth-order valence-corrected chi connectivity index (χ4v) is 4.53. The van der Waals surface area contributed by atoms with E-state index in [0.717, 1.165) is 30.4 Å². The number of H-pyrrole nitrogens is 1. The van der Waals surface area contributed by atoms with E-state index in [-0.39, 0.29) is 23.4 Å². The minimum Gasteiger partial charge on any atom is -0.372 e. The molecule has 32 heavy (non-hydrogen) atoms. The lowest BCUT2D eigenvalue weighted by atomic mass is 10.0. The third-order valence-electron chi connectivity index (χ3n) is 5.46. The normalized spacial score (nSPS) is 20.7. The smallest absolute Gasteiger partial charge is 0.271 e.